The van der Waals surface area contributed by atoms with Crippen LogP contribution in [0.15, 0.2) is 0 Å². The van der Waals surface area contributed by atoms with E-state index in [0.29, 0.717) is 16.6 Å². The molecule has 5 nitrogen and oxygen atoms in total. The summed E-state index contributed by atoms with van der Waals surface area (Å²) in [6.07, 6.45) is 8.72. The number of hydrogen-bond donors (Lipinski definition) is 2. The van der Waals surface area contributed by atoms with E-state index in [2.05, 4.69) is 15.2 Å². The van der Waals surface area contributed by atoms with Gasteiger partial charge in [0.2, 0.25) is 0 Å². The number of nitrogens with zero attached hydrogens (tertiary/aromatic N) is 2. The summed E-state index contributed by atoms with van der Waals surface area (Å²) >= 11 is 1.44. The monoisotopic (exact) mass is 308 g/mol. The maximum Gasteiger partial charge on any atom is 0.265 e. The van der Waals surface area contributed by atoms with Crippen LogP contribution in [0.25, 0.3) is 0 Å². The van der Waals surface area contributed by atoms with Crippen LogP contribution in [0.2, 0.25) is 0 Å². The Morgan fingerprint density at radius 3 is 2.57 bits per heavy atom. The van der Waals surface area contributed by atoms with Crippen LogP contribution >= 0.6 is 11.3 Å². The maximum atomic E-state index is 12.2. The lowest BCUT2D eigenvalue weighted by Gasteiger charge is -2.25. The predicted octanol–water partition coefficient (Wildman–Crippen LogP) is 2.64. The number of nitrogens with one attached hydrogen (secondary N) is 1. The molecule has 0 radical (unpaired) electrons. The lowest BCUT2D eigenvalue weighted by Crippen LogP contribution is -2.32. The molecule has 21 heavy (non-hydrogen) atoms. The number of rotatable bonds is 4. The number of hydrogen-bond acceptors (Lipinski definition) is 5. The van der Waals surface area contributed by atoms with Crippen molar-refractivity contribution >= 4 is 28.2 Å². The molecule has 0 aromatic carbocycles. The lowest BCUT2D eigenvalue weighted by molar-refractivity contribution is 0.0944. The molecule has 1 amide bonds. The largest absolute Gasteiger partial charge is 0.382 e. The highest BCUT2D eigenvalue weighted by Gasteiger charge is 2.22. The molecule has 0 bridgehead atoms. The first kappa shape index (κ1) is 14.6. The van der Waals surface area contributed by atoms with Crippen molar-refractivity contribution in [3.63, 3.8) is 0 Å². The van der Waals surface area contributed by atoms with Gasteiger partial charge < -0.3 is 16.0 Å². The van der Waals surface area contributed by atoms with Gasteiger partial charge in [0.1, 0.15) is 10.7 Å². The second kappa shape index (κ2) is 6.64. The summed E-state index contributed by atoms with van der Waals surface area (Å²) in [5.74, 6) is 0.983. The standard InChI is InChI=1S/C15H24N4OS/c16-13-12(14(20)17-10-11-6-5-7-11)21-15(18-13)19-8-3-1-2-4-9-19/h11H,1-10,16H2,(H,17,20). The molecule has 116 valence electrons. The second-order valence-electron chi connectivity index (χ2n) is 6.12. The Balaban J connectivity index is 1.63. The fourth-order valence-corrected chi connectivity index (χ4v) is 3.85. The highest BCUT2D eigenvalue weighted by Crippen LogP contribution is 2.30. The molecule has 2 fully saturated rings. The normalized spacial score (nSPS) is 19.9. The van der Waals surface area contributed by atoms with Crippen LogP contribution in [-0.2, 0) is 0 Å². The van der Waals surface area contributed by atoms with Gasteiger partial charge in [0.05, 0.1) is 0 Å². The van der Waals surface area contributed by atoms with Crippen LogP contribution in [0, 0.1) is 5.92 Å². The lowest BCUT2D eigenvalue weighted by atomic mass is 9.85. The molecule has 2 heterocycles. The highest BCUT2D eigenvalue weighted by atomic mass is 32.1. The number of carbonyl (C=O) groups is 1. The first-order valence-corrected chi connectivity index (χ1v) is 8.85. The van der Waals surface area contributed by atoms with E-state index in [1.807, 2.05) is 0 Å². The van der Waals surface area contributed by atoms with Crippen LogP contribution in [0.3, 0.4) is 0 Å². The van der Waals surface area contributed by atoms with Crippen molar-refractivity contribution in [3.05, 3.63) is 4.88 Å². The summed E-state index contributed by atoms with van der Waals surface area (Å²) in [4.78, 5) is 19.5. The van der Waals surface area contributed by atoms with Gasteiger partial charge in [-0.2, -0.15) is 0 Å². The summed E-state index contributed by atoms with van der Waals surface area (Å²) in [6.45, 7) is 2.82. The van der Waals surface area contributed by atoms with E-state index < -0.39 is 0 Å². The number of carbonyl (C=O) groups excluding carboxylic acids is 1. The molecule has 1 aliphatic heterocycles. The van der Waals surface area contributed by atoms with Crippen LogP contribution in [0.1, 0.15) is 54.6 Å². The van der Waals surface area contributed by atoms with Gasteiger partial charge in [0.15, 0.2) is 5.13 Å². The third-order valence-corrected chi connectivity index (χ3v) is 5.63. The average Bonchev–Trinajstić information content (AvgIpc) is 2.63. The maximum absolute atomic E-state index is 12.2. The average molecular weight is 308 g/mol. The number of thiazole rings is 1. The van der Waals surface area contributed by atoms with Gasteiger partial charge in [-0.3, -0.25) is 4.79 Å². The summed E-state index contributed by atoms with van der Waals surface area (Å²) in [6, 6.07) is 0. The number of aromatic nitrogens is 1. The van der Waals surface area contributed by atoms with E-state index in [-0.39, 0.29) is 5.91 Å². The number of nitrogen functional groups attached to an aromatic ring is 1. The molecule has 1 aromatic heterocycles. The Bertz CT molecular complexity index is 490. The molecule has 0 atom stereocenters. The fourth-order valence-electron chi connectivity index (χ4n) is 2.89. The van der Waals surface area contributed by atoms with E-state index in [1.165, 1.54) is 56.3 Å². The zero-order chi connectivity index (χ0) is 14.7. The number of nitrogens with two attached hydrogens (primary N) is 1. The molecule has 0 spiro atoms. The topological polar surface area (TPSA) is 71.2 Å². The molecule has 1 saturated carbocycles. The molecule has 3 rings (SSSR count). The van der Waals surface area contributed by atoms with E-state index in [1.54, 1.807) is 0 Å². The van der Waals surface area contributed by atoms with Gasteiger partial charge in [-0.15, -0.1) is 0 Å². The van der Waals surface area contributed by atoms with Gasteiger partial charge in [0, 0.05) is 19.6 Å². The van der Waals surface area contributed by atoms with Crippen molar-refractivity contribution in [1.82, 2.24) is 10.3 Å². The Kier molecular flexibility index (Phi) is 4.63. The van der Waals surface area contributed by atoms with Crippen molar-refractivity contribution in [3.8, 4) is 0 Å². The van der Waals surface area contributed by atoms with E-state index in [0.717, 1.165) is 24.8 Å². The minimum Gasteiger partial charge on any atom is -0.382 e. The zero-order valence-corrected chi connectivity index (χ0v) is 13.3. The molecule has 1 aliphatic carbocycles. The van der Waals surface area contributed by atoms with Crippen molar-refractivity contribution in [2.75, 3.05) is 30.3 Å². The SMILES string of the molecule is Nc1nc(N2CCCCCC2)sc1C(=O)NCC1CCC1. The fraction of sp³-hybridized carbons (Fsp3) is 0.733. The van der Waals surface area contributed by atoms with Crippen molar-refractivity contribution in [2.24, 2.45) is 5.92 Å². The third kappa shape index (κ3) is 3.48. The molecule has 1 saturated heterocycles. The first-order chi connectivity index (χ1) is 10.2. The van der Waals surface area contributed by atoms with E-state index >= 15 is 0 Å². The van der Waals surface area contributed by atoms with Crippen molar-refractivity contribution in [1.29, 1.82) is 0 Å². The predicted molar refractivity (Wildman–Crippen MR) is 86.9 cm³/mol. The summed E-state index contributed by atoms with van der Waals surface area (Å²) < 4.78 is 0. The van der Waals surface area contributed by atoms with Crippen molar-refractivity contribution in [2.45, 2.75) is 44.9 Å². The number of amides is 1. The van der Waals surface area contributed by atoms with Crippen LogP contribution < -0.4 is 16.0 Å². The molecule has 3 N–H and O–H groups in total. The molecule has 2 aliphatic rings. The zero-order valence-electron chi connectivity index (χ0n) is 12.4. The number of anilines is 2. The van der Waals surface area contributed by atoms with Gasteiger partial charge >= 0.3 is 0 Å². The minimum absolute atomic E-state index is 0.0574. The Morgan fingerprint density at radius 2 is 1.95 bits per heavy atom. The van der Waals surface area contributed by atoms with Gasteiger partial charge in [-0.1, -0.05) is 30.6 Å². The third-order valence-electron chi connectivity index (χ3n) is 4.50. The van der Waals surface area contributed by atoms with Gasteiger partial charge in [-0.05, 0) is 31.6 Å². The Labute approximate surface area is 129 Å². The summed E-state index contributed by atoms with van der Waals surface area (Å²) in [7, 11) is 0. The smallest absolute Gasteiger partial charge is 0.265 e. The molecule has 1 aromatic rings. The molecular formula is C15H24N4OS. The molecular weight excluding hydrogens is 284 g/mol. The highest BCUT2D eigenvalue weighted by molar-refractivity contribution is 7.18. The van der Waals surface area contributed by atoms with Crippen molar-refractivity contribution < 1.29 is 4.79 Å². The summed E-state index contributed by atoms with van der Waals surface area (Å²) in [5.41, 5.74) is 5.95. The van der Waals surface area contributed by atoms with Gasteiger partial charge in [0.25, 0.3) is 5.91 Å². The second-order valence-corrected chi connectivity index (χ2v) is 7.10. The Morgan fingerprint density at radius 1 is 1.24 bits per heavy atom. The molecule has 6 heteroatoms. The minimum atomic E-state index is -0.0574. The van der Waals surface area contributed by atoms with E-state index in [9.17, 15) is 4.79 Å². The molecule has 0 unspecified atom stereocenters. The van der Waals surface area contributed by atoms with Crippen LogP contribution in [0.5, 0.6) is 0 Å². The van der Waals surface area contributed by atoms with Crippen LogP contribution in [-0.4, -0.2) is 30.5 Å². The summed E-state index contributed by atoms with van der Waals surface area (Å²) in [5, 5.41) is 3.91. The van der Waals surface area contributed by atoms with Gasteiger partial charge in [-0.25, -0.2) is 4.98 Å². The Hall–Kier alpha value is -1.30. The van der Waals surface area contributed by atoms with Crippen LogP contribution in [0.4, 0.5) is 10.9 Å². The quantitative estimate of drug-likeness (QED) is 0.897. The first-order valence-electron chi connectivity index (χ1n) is 8.03. The van der Waals surface area contributed by atoms with E-state index in [4.69, 9.17) is 5.73 Å².